The van der Waals surface area contributed by atoms with Crippen molar-refractivity contribution in [2.45, 2.75) is 39.0 Å². The van der Waals surface area contributed by atoms with Gasteiger partial charge in [0.25, 0.3) is 0 Å². The molecule has 1 heterocycles. The smallest absolute Gasteiger partial charge is 0.306 e. The number of hydrogen-bond acceptors (Lipinski definition) is 2. The Morgan fingerprint density at radius 2 is 2.05 bits per heavy atom. The zero-order chi connectivity index (χ0) is 15.0. The molecule has 3 rings (SSSR count). The molecule has 0 amide bonds. The van der Waals surface area contributed by atoms with Crippen LogP contribution in [0.25, 0.3) is 5.69 Å². The predicted molar refractivity (Wildman–Crippen MR) is 80.8 cm³/mol. The summed E-state index contributed by atoms with van der Waals surface area (Å²) in [7, 11) is 0. The fourth-order valence-corrected chi connectivity index (χ4v) is 2.86. The molecule has 1 N–H and O–H groups in total. The molecule has 1 atom stereocenters. The van der Waals surface area contributed by atoms with E-state index in [2.05, 4.69) is 43.2 Å². The number of carbonyl (C=O) groups is 1. The van der Waals surface area contributed by atoms with Crippen molar-refractivity contribution in [3.8, 4) is 5.69 Å². The van der Waals surface area contributed by atoms with Crippen LogP contribution in [0.4, 0.5) is 0 Å². The van der Waals surface area contributed by atoms with Crippen molar-refractivity contribution in [3.63, 3.8) is 0 Å². The Hall–Kier alpha value is -2.10. The van der Waals surface area contributed by atoms with Crippen molar-refractivity contribution in [2.75, 3.05) is 0 Å². The van der Waals surface area contributed by atoms with E-state index >= 15 is 0 Å². The predicted octanol–water partition coefficient (Wildman–Crippen LogP) is 3.19. The Labute approximate surface area is 124 Å². The normalized spacial score (nSPS) is 17.8. The third-order valence-corrected chi connectivity index (χ3v) is 4.25. The summed E-state index contributed by atoms with van der Waals surface area (Å²) in [6, 6.07) is 8.40. The Balaban J connectivity index is 1.86. The third kappa shape index (κ3) is 2.71. The maximum Gasteiger partial charge on any atom is 0.306 e. The standard InChI is InChI=1S/C17H20N2O2/c1-11(2)12-3-6-15(7-4-12)19-10-14-9-13(17(20)21)5-8-16(14)18-19/h3-4,6-7,10-11,13H,5,8-9H2,1-2H3,(H,20,21). The minimum Gasteiger partial charge on any atom is -0.481 e. The van der Waals surface area contributed by atoms with E-state index in [0.717, 1.165) is 23.4 Å². The average molecular weight is 284 g/mol. The highest BCUT2D eigenvalue weighted by atomic mass is 16.4. The van der Waals surface area contributed by atoms with Crippen LogP contribution in [0, 0.1) is 5.92 Å². The van der Waals surface area contributed by atoms with Crippen LogP contribution >= 0.6 is 0 Å². The van der Waals surface area contributed by atoms with Crippen molar-refractivity contribution in [2.24, 2.45) is 5.92 Å². The highest BCUT2D eigenvalue weighted by molar-refractivity contribution is 5.70. The van der Waals surface area contributed by atoms with Gasteiger partial charge in [0.2, 0.25) is 0 Å². The van der Waals surface area contributed by atoms with E-state index in [0.29, 0.717) is 18.8 Å². The highest BCUT2D eigenvalue weighted by Gasteiger charge is 2.26. The van der Waals surface area contributed by atoms with Gasteiger partial charge in [-0.2, -0.15) is 5.10 Å². The monoisotopic (exact) mass is 284 g/mol. The van der Waals surface area contributed by atoms with Crippen LogP contribution < -0.4 is 0 Å². The first-order chi connectivity index (χ1) is 10.0. The van der Waals surface area contributed by atoms with Crippen LogP contribution in [-0.4, -0.2) is 20.9 Å². The maximum absolute atomic E-state index is 11.1. The van der Waals surface area contributed by atoms with Gasteiger partial charge in [-0.05, 0) is 48.4 Å². The summed E-state index contributed by atoms with van der Waals surface area (Å²) in [6.07, 6.45) is 4.01. The molecule has 1 aliphatic rings. The van der Waals surface area contributed by atoms with Crippen LogP contribution in [0.1, 0.15) is 43.0 Å². The zero-order valence-corrected chi connectivity index (χ0v) is 12.4. The van der Waals surface area contributed by atoms with E-state index in [4.69, 9.17) is 5.11 Å². The van der Waals surface area contributed by atoms with Gasteiger partial charge < -0.3 is 5.11 Å². The lowest BCUT2D eigenvalue weighted by molar-refractivity contribution is -0.142. The molecule has 0 spiro atoms. The van der Waals surface area contributed by atoms with E-state index in [9.17, 15) is 4.79 Å². The summed E-state index contributed by atoms with van der Waals surface area (Å²) in [4.78, 5) is 11.1. The van der Waals surface area contributed by atoms with Gasteiger partial charge in [0.05, 0.1) is 17.3 Å². The fraction of sp³-hybridized carbons (Fsp3) is 0.412. The van der Waals surface area contributed by atoms with Crippen LogP contribution in [0.3, 0.4) is 0 Å². The average Bonchev–Trinajstić information content (AvgIpc) is 2.90. The van der Waals surface area contributed by atoms with Crippen LogP contribution in [0.5, 0.6) is 0 Å². The number of benzene rings is 1. The van der Waals surface area contributed by atoms with Crippen molar-refractivity contribution in [1.29, 1.82) is 0 Å². The molecular weight excluding hydrogens is 264 g/mol. The topological polar surface area (TPSA) is 55.1 Å². The number of aromatic nitrogens is 2. The number of nitrogens with zero attached hydrogens (tertiary/aromatic N) is 2. The first-order valence-corrected chi connectivity index (χ1v) is 7.45. The minimum absolute atomic E-state index is 0.265. The van der Waals surface area contributed by atoms with E-state index in [-0.39, 0.29) is 5.92 Å². The van der Waals surface area contributed by atoms with E-state index in [1.165, 1.54) is 5.56 Å². The molecule has 1 aliphatic carbocycles. The van der Waals surface area contributed by atoms with Gasteiger partial charge in [-0.3, -0.25) is 4.79 Å². The number of rotatable bonds is 3. The SMILES string of the molecule is CC(C)c1ccc(-n2cc3c(n2)CCC(C(=O)O)C3)cc1. The van der Waals surface area contributed by atoms with Crippen molar-refractivity contribution in [1.82, 2.24) is 9.78 Å². The molecule has 0 saturated heterocycles. The van der Waals surface area contributed by atoms with Gasteiger partial charge in [0.15, 0.2) is 0 Å². The first-order valence-electron chi connectivity index (χ1n) is 7.45. The molecule has 1 aromatic carbocycles. The molecule has 0 saturated carbocycles. The molecule has 0 radical (unpaired) electrons. The van der Waals surface area contributed by atoms with E-state index in [1.54, 1.807) is 0 Å². The molecule has 0 fully saturated rings. The molecule has 110 valence electrons. The van der Waals surface area contributed by atoms with Gasteiger partial charge in [0, 0.05) is 6.20 Å². The number of aryl methyl sites for hydroxylation is 1. The summed E-state index contributed by atoms with van der Waals surface area (Å²) in [6.45, 7) is 4.35. The van der Waals surface area contributed by atoms with Gasteiger partial charge in [0.1, 0.15) is 0 Å². The quantitative estimate of drug-likeness (QED) is 0.941. The minimum atomic E-state index is -0.699. The Bertz CT molecular complexity index is 656. The second-order valence-electron chi connectivity index (χ2n) is 6.07. The number of carboxylic acid groups (broad SMARTS) is 1. The molecule has 1 unspecified atom stereocenters. The molecule has 0 bridgehead atoms. The lowest BCUT2D eigenvalue weighted by atomic mass is 9.88. The summed E-state index contributed by atoms with van der Waals surface area (Å²) in [5.41, 5.74) is 4.45. The Kier molecular flexibility index (Phi) is 3.53. The van der Waals surface area contributed by atoms with Gasteiger partial charge in [-0.1, -0.05) is 26.0 Å². The van der Waals surface area contributed by atoms with Crippen LogP contribution in [0.15, 0.2) is 30.5 Å². The second-order valence-corrected chi connectivity index (χ2v) is 6.07. The van der Waals surface area contributed by atoms with Crippen molar-refractivity contribution < 1.29 is 9.90 Å². The molecule has 4 heteroatoms. The molecular formula is C17H20N2O2. The molecule has 2 aromatic rings. The lowest BCUT2D eigenvalue weighted by Crippen LogP contribution is -2.21. The Morgan fingerprint density at radius 3 is 2.67 bits per heavy atom. The number of fused-ring (bicyclic) bond motifs is 1. The molecule has 1 aromatic heterocycles. The Morgan fingerprint density at radius 1 is 1.33 bits per heavy atom. The summed E-state index contributed by atoms with van der Waals surface area (Å²) in [5, 5.41) is 13.8. The second kappa shape index (κ2) is 5.35. The third-order valence-electron chi connectivity index (χ3n) is 4.25. The summed E-state index contributed by atoms with van der Waals surface area (Å²) >= 11 is 0. The van der Waals surface area contributed by atoms with Crippen molar-refractivity contribution >= 4 is 5.97 Å². The summed E-state index contributed by atoms with van der Waals surface area (Å²) < 4.78 is 1.87. The van der Waals surface area contributed by atoms with Gasteiger partial charge in [-0.15, -0.1) is 0 Å². The largest absolute Gasteiger partial charge is 0.481 e. The number of aliphatic carboxylic acids is 1. The molecule has 4 nitrogen and oxygen atoms in total. The molecule has 21 heavy (non-hydrogen) atoms. The highest BCUT2D eigenvalue weighted by Crippen LogP contribution is 2.26. The zero-order valence-electron chi connectivity index (χ0n) is 12.4. The van der Waals surface area contributed by atoms with Gasteiger partial charge >= 0.3 is 5.97 Å². The first kappa shape index (κ1) is 13.9. The van der Waals surface area contributed by atoms with Gasteiger partial charge in [-0.25, -0.2) is 4.68 Å². The van der Waals surface area contributed by atoms with Crippen LogP contribution in [-0.2, 0) is 17.6 Å². The van der Waals surface area contributed by atoms with Crippen LogP contribution in [0.2, 0.25) is 0 Å². The van der Waals surface area contributed by atoms with Crippen molar-refractivity contribution in [3.05, 3.63) is 47.3 Å². The number of hydrogen-bond donors (Lipinski definition) is 1. The summed E-state index contributed by atoms with van der Waals surface area (Å²) in [5.74, 6) is -0.450. The fourth-order valence-electron chi connectivity index (χ4n) is 2.86. The lowest BCUT2D eigenvalue weighted by Gasteiger charge is -2.16. The molecule has 0 aliphatic heterocycles. The maximum atomic E-state index is 11.1. The van der Waals surface area contributed by atoms with E-state index in [1.807, 2.05) is 10.9 Å². The number of carboxylic acids is 1. The van der Waals surface area contributed by atoms with E-state index < -0.39 is 5.97 Å².